The minimum absolute atomic E-state index is 0.159. The number of rotatable bonds is 15. The van der Waals surface area contributed by atoms with Gasteiger partial charge in [0, 0.05) is 44.0 Å². The minimum Gasteiger partial charge on any atom is -0.378 e. The maximum atomic E-state index is 12.5. The van der Waals surface area contributed by atoms with E-state index in [1.165, 1.54) is 32.1 Å². The lowest BCUT2D eigenvalue weighted by molar-refractivity contribution is 0.0511. The van der Waals surface area contributed by atoms with Crippen molar-refractivity contribution < 1.29 is 19.0 Å². The van der Waals surface area contributed by atoms with Crippen molar-refractivity contribution in [2.24, 2.45) is 11.7 Å². The molecule has 0 atom stereocenters. The molecule has 0 radical (unpaired) electrons. The van der Waals surface area contributed by atoms with Gasteiger partial charge in [-0.05, 0) is 43.0 Å². The smallest absolute Gasteiger partial charge is 0.251 e. The number of benzene rings is 1. The molecule has 214 valence electrons. The van der Waals surface area contributed by atoms with Gasteiger partial charge in [-0.25, -0.2) is 0 Å². The molecule has 1 aliphatic carbocycles. The predicted molar refractivity (Wildman–Crippen MR) is 151 cm³/mol. The monoisotopic (exact) mass is 542 g/mol. The van der Waals surface area contributed by atoms with E-state index in [2.05, 4.69) is 30.8 Å². The van der Waals surface area contributed by atoms with Gasteiger partial charge in [0.1, 0.15) is 0 Å². The molecule has 0 unspecified atom stereocenters. The lowest BCUT2D eigenvalue weighted by Crippen LogP contribution is -2.37. The summed E-state index contributed by atoms with van der Waals surface area (Å²) in [6.45, 7) is 6.45. The lowest BCUT2D eigenvalue weighted by Gasteiger charge is -2.27. The summed E-state index contributed by atoms with van der Waals surface area (Å²) in [5.41, 5.74) is 6.71. The van der Waals surface area contributed by atoms with Gasteiger partial charge in [-0.2, -0.15) is 15.0 Å². The zero-order valence-corrected chi connectivity index (χ0v) is 22.7. The van der Waals surface area contributed by atoms with E-state index in [1.54, 1.807) is 12.1 Å². The van der Waals surface area contributed by atoms with Crippen LogP contribution in [0.5, 0.6) is 0 Å². The van der Waals surface area contributed by atoms with Crippen LogP contribution < -0.4 is 26.6 Å². The topological polar surface area (TPSA) is 149 Å². The van der Waals surface area contributed by atoms with Gasteiger partial charge in [0.25, 0.3) is 5.91 Å². The van der Waals surface area contributed by atoms with E-state index in [9.17, 15) is 4.79 Å². The Labute approximate surface area is 230 Å². The fraction of sp³-hybridized carbons (Fsp3) is 0.630. The van der Waals surface area contributed by atoms with Crippen molar-refractivity contribution in [2.75, 3.05) is 87.9 Å². The first kappa shape index (κ1) is 28.9. The second kappa shape index (κ2) is 16.1. The second-order valence-corrected chi connectivity index (χ2v) is 9.74. The lowest BCUT2D eigenvalue weighted by atomic mass is 9.89. The molecule has 2 heterocycles. The van der Waals surface area contributed by atoms with Crippen LogP contribution in [0, 0.1) is 5.92 Å². The van der Waals surface area contributed by atoms with Crippen molar-refractivity contribution in [3.8, 4) is 0 Å². The highest BCUT2D eigenvalue weighted by atomic mass is 16.5. The molecule has 2 aliphatic rings. The molecule has 1 aromatic carbocycles. The van der Waals surface area contributed by atoms with E-state index in [0.717, 1.165) is 25.3 Å². The van der Waals surface area contributed by atoms with Crippen molar-refractivity contribution >= 4 is 29.4 Å². The van der Waals surface area contributed by atoms with Gasteiger partial charge in [0.05, 0.1) is 39.6 Å². The molecular formula is C27H42N8O4. The maximum Gasteiger partial charge on any atom is 0.251 e. The number of ether oxygens (including phenoxy) is 3. The molecule has 1 saturated carbocycles. The van der Waals surface area contributed by atoms with Gasteiger partial charge in [0.15, 0.2) is 0 Å². The fourth-order valence-corrected chi connectivity index (χ4v) is 4.61. The van der Waals surface area contributed by atoms with Gasteiger partial charge in [-0.3, -0.25) is 4.79 Å². The first-order valence-corrected chi connectivity index (χ1v) is 14.0. The number of nitrogens with two attached hydrogens (primary N) is 1. The number of aromatic nitrogens is 3. The van der Waals surface area contributed by atoms with Crippen LogP contribution in [0.1, 0.15) is 42.5 Å². The van der Waals surface area contributed by atoms with E-state index in [1.807, 2.05) is 12.1 Å². The Morgan fingerprint density at radius 2 is 1.67 bits per heavy atom. The van der Waals surface area contributed by atoms with Crippen LogP contribution >= 0.6 is 0 Å². The molecule has 0 spiro atoms. The zero-order valence-electron chi connectivity index (χ0n) is 22.7. The first-order valence-electron chi connectivity index (χ1n) is 14.0. The van der Waals surface area contributed by atoms with Gasteiger partial charge >= 0.3 is 0 Å². The van der Waals surface area contributed by atoms with Crippen molar-refractivity contribution in [1.29, 1.82) is 0 Å². The third kappa shape index (κ3) is 9.88. The summed E-state index contributed by atoms with van der Waals surface area (Å²) >= 11 is 0. The summed E-state index contributed by atoms with van der Waals surface area (Å²) in [5.74, 6) is 2.16. The number of hydrogen-bond acceptors (Lipinski definition) is 11. The normalized spacial score (nSPS) is 16.2. The van der Waals surface area contributed by atoms with Crippen molar-refractivity contribution in [2.45, 2.75) is 32.1 Å². The van der Waals surface area contributed by atoms with Crippen LogP contribution in [-0.2, 0) is 14.2 Å². The van der Waals surface area contributed by atoms with Crippen LogP contribution in [0.4, 0.5) is 23.5 Å². The largest absolute Gasteiger partial charge is 0.378 e. The van der Waals surface area contributed by atoms with Crippen LogP contribution in [0.2, 0.25) is 0 Å². The fourth-order valence-electron chi connectivity index (χ4n) is 4.61. The molecule has 0 bridgehead atoms. The first-order chi connectivity index (χ1) is 19.2. The highest BCUT2D eigenvalue weighted by molar-refractivity contribution is 5.94. The zero-order chi connectivity index (χ0) is 27.1. The van der Waals surface area contributed by atoms with E-state index in [0.29, 0.717) is 82.1 Å². The molecule has 1 aromatic heterocycles. The van der Waals surface area contributed by atoms with Crippen molar-refractivity contribution in [3.63, 3.8) is 0 Å². The molecule has 12 heteroatoms. The molecule has 12 nitrogen and oxygen atoms in total. The Morgan fingerprint density at radius 1 is 0.949 bits per heavy atom. The quantitative estimate of drug-likeness (QED) is 0.245. The summed E-state index contributed by atoms with van der Waals surface area (Å²) in [7, 11) is 0. The Kier molecular flexibility index (Phi) is 12.0. The van der Waals surface area contributed by atoms with Gasteiger partial charge in [0.2, 0.25) is 17.8 Å². The molecule has 2 fully saturated rings. The molecule has 2 aromatic rings. The van der Waals surface area contributed by atoms with E-state index in [-0.39, 0.29) is 5.91 Å². The van der Waals surface area contributed by atoms with Crippen LogP contribution in [-0.4, -0.2) is 93.2 Å². The summed E-state index contributed by atoms with van der Waals surface area (Å²) in [4.78, 5) is 28.6. The summed E-state index contributed by atoms with van der Waals surface area (Å²) in [6.07, 6.45) is 6.41. The summed E-state index contributed by atoms with van der Waals surface area (Å²) in [6, 6.07) is 7.22. The number of morpholine rings is 1. The predicted octanol–water partition coefficient (Wildman–Crippen LogP) is 2.17. The number of anilines is 4. The van der Waals surface area contributed by atoms with Crippen molar-refractivity contribution in [1.82, 2.24) is 20.3 Å². The SMILES string of the molecule is NCCOCCOCCNC(=O)c1ccc(Nc2nc(NCC3CCCCC3)nc(N3CCOCC3)n2)cc1. The molecule has 1 aliphatic heterocycles. The average Bonchev–Trinajstić information content (AvgIpc) is 2.98. The number of carbonyl (C=O) groups is 1. The van der Waals surface area contributed by atoms with Gasteiger partial charge < -0.3 is 40.8 Å². The van der Waals surface area contributed by atoms with Crippen LogP contribution in [0.25, 0.3) is 0 Å². The summed E-state index contributed by atoms with van der Waals surface area (Å²) in [5, 5.41) is 9.59. The highest BCUT2D eigenvalue weighted by Gasteiger charge is 2.18. The minimum atomic E-state index is -0.159. The summed E-state index contributed by atoms with van der Waals surface area (Å²) < 4.78 is 16.2. The molecular weight excluding hydrogens is 500 g/mol. The Bertz CT molecular complexity index is 998. The second-order valence-electron chi connectivity index (χ2n) is 9.74. The number of hydrogen-bond donors (Lipinski definition) is 4. The highest BCUT2D eigenvalue weighted by Crippen LogP contribution is 2.24. The maximum absolute atomic E-state index is 12.5. The molecule has 4 rings (SSSR count). The molecule has 1 amide bonds. The van der Waals surface area contributed by atoms with Gasteiger partial charge in [-0.1, -0.05) is 19.3 Å². The average molecular weight is 543 g/mol. The number of amides is 1. The van der Waals surface area contributed by atoms with Gasteiger partial charge in [-0.15, -0.1) is 0 Å². The van der Waals surface area contributed by atoms with E-state index >= 15 is 0 Å². The number of carbonyl (C=O) groups excluding carboxylic acids is 1. The third-order valence-corrected chi connectivity index (χ3v) is 6.76. The van der Waals surface area contributed by atoms with Crippen LogP contribution in [0.15, 0.2) is 24.3 Å². The van der Waals surface area contributed by atoms with Crippen molar-refractivity contribution in [3.05, 3.63) is 29.8 Å². The Balaban J connectivity index is 1.31. The molecule has 39 heavy (non-hydrogen) atoms. The standard InChI is InChI=1S/C27H42N8O4/c28-10-14-37-18-19-38-15-11-29-24(36)22-6-8-23(9-7-22)31-26-32-25(30-20-21-4-2-1-3-5-21)33-27(34-26)35-12-16-39-17-13-35/h6-9,21H,1-5,10-20,28H2,(H,29,36)(H2,30,31,32,33,34). The Hall–Kier alpha value is -3.06. The van der Waals surface area contributed by atoms with E-state index in [4.69, 9.17) is 24.9 Å². The van der Waals surface area contributed by atoms with E-state index < -0.39 is 0 Å². The molecule has 1 saturated heterocycles. The molecule has 5 N–H and O–H groups in total. The number of nitrogens with zero attached hydrogens (tertiary/aromatic N) is 4. The Morgan fingerprint density at radius 3 is 2.41 bits per heavy atom. The third-order valence-electron chi connectivity index (χ3n) is 6.76. The van der Waals surface area contributed by atoms with Crippen LogP contribution in [0.3, 0.4) is 0 Å². The number of nitrogens with one attached hydrogen (secondary N) is 3.